The van der Waals surface area contributed by atoms with E-state index in [0.29, 0.717) is 17.9 Å². The van der Waals surface area contributed by atoms with Crippen LogP contribution in [0, 0.1) is 13.8 Å². The summed E-state index contributed by atoms with van der Waals surface area (Å²) < 4.78 is 11.1. The lowest BCUT2D eigenvalue weighted by Gasteiger charge is -2.18. The number of amides is 1. The molecule has 1 N–H and O–H groups in total. The van der Waals surface area contributed by atoms with Gasteiger partial charge in [0.25, 0.3) is 5.91 Å². The van der Waals surface area contributed by atoms with Crippen molar-refractivity contribution in [2.75, 3.05) is 0 Å². The van der Waals surface area contributed by atoms with Crippen LogP contribution >= 0.6 is 11.3 Å². The fourth-order valence-electron chi connectivity index (χ4n) is 3.22. The van der Waals surface area contributed by atoms with E-state index in [1.54, 1.807) is 23.5 Å². The summed E-state index contributed by atoms with van der Waals surface area (Å²) in [5.41, 5.74) is 3.32. The molecule has 30 heavy (non-hydrogen) atoms. The fraction of sp³-hybridized carbons (Fsp3) is 0.167. The van der Waals surface area contributed by atoms with Crippen LogP contribution in [0.2, 0.25) is 0 Å². The number of nitrogens with zero attached hydrogens (tertiary/aromatic N) is 1. The summed E-state index contributed by atoms with van der Waals surface area (Å²) in [5.74, 6) is 1.21. The molecular weight excluding hydrogens is 396 g/mol. The number of carbonyl (C=O) groups is 1. The zero-order valence-electron chi connectivity index (χ0n) is 16.8. The topological polar surface area (TPSA) is 64.4 Å². The van der Waals surface area contributed by atoms with Crippen molar-refractivity contribution in [3.8, 4) is 5.75 Å². The normalized spacial score (nSPS) is 11.8. The lowest BCUT2D eigenvalue weighted by molar-refractivity contribution is 0.0943. The number of rotatable bonds is 7. The molecule has 0 aliphatic heterocycles. The average Bonchev–Trinajstić information content (AvgIpc) is 3.41. The molecule has 0 radical (unpaired) electrons. The molecule has 0 bridgehead atoms. The van der Waals surface area contributed by atoms with Gasteiger partial charge in [-0.25, -0.2) is 0 Å². The molecule has 0 saturated carbocycles. The van der Waals surface area contributed by atoms with E-state index >= 15 is 0 Å². The lowest BCUT2D eigenvalue weighted by Crippen LogP contribution is -2.28. The minimum absolute atomic E-state index is 0.153. The van der Waals surface area contributed by atoms with Crippen molar-refractivity contribution >= 4 is 17.2 Å². The number of ether oxygens (including phenoxy) is 1. The highest BCUT2D eigenvalue weighted by atomic mass is 32.1. The number of carbonyl (C=O) groups excluding carboxylic acids is 1. The Balaban J connectivity index is 1.51. The molecule has 2 aromatic carbocycles. The largest absolute Gasteiger partial charge is 0.489 e. The van der Waals surface area contributed by atoms with E-state index in [2.05, 4.69) is 10.5 Å². The quantitative estimate of drug-likeness (QED) is 0.433. The zero-order chi connectivity index (χ0) is 20.9. The first kappa shape index (κ1) is 19.9. The van der Waals surface area contributed by atoms with E-state index in [-0.39, 0.29) is 11.9 Å². The molecule has 1 atom stereocenters. The third-order valence-electron chi connectivity index (χ3n) is 4.90. The van der Waals surface area contributed by atoms with Gasteiger partial charge in [0, 0.05) is 10.4 Å². The highest BCUT2D eigenvalue weighted by Crippen LogP contribution is 2.27. The molecule has 152 valence electrons. The zero-order valence-corrected chi connectivity index (χ0v) is 17.6. The van der Waals surface area contributed by atoms with Crippen LogP contribution in [-0.2, 0) is 6.61 Å². The Labute approximate surface area is 179 Å². The molecule has 4 rings (SSSR count). The predicted octanol–water partition coefficient (Wildman–Crippen LogP) is 5.45. The Morgan fingerprint density at radius 1 is 1.10 bits per heavy atom. The standard InChI is InChI=1S/C24H22N2O3S/c1-16-21(17(2)29-26-16)15-28-20-11-6-10-19(14-20)24(27)25-23(22-12-7-13-30-22)18-8-4-3-5-9-18/h3-14,23H,15H2,1-2H3,(H,25,27). The number of aromatic nitrogens is 1. The second-order valence-corrected chi connectivity index (χ2v) is 7.93. The highest BCUT2D eigenvalue weighted by Gasteiger charge is 2.19. The first-order valence-electron chi connectivity index (χ1n) is 9.65. The molecule has 1 amide bonds. The Hall–Kier alpha value is -3.38. The van der Waals surface area contributed by atoms with Crippen LogP contribution in [0.5, 0.6) is 5.75 Å². The lowest BCUT2D eigenvalue weighted by atomic mass is 10.0. The van der Waals surface area contributed by atoms with E-state index in [1.807, 2.05) is 73.8 Å². The summed E-state index contributed by atoms with van der Waals surface area (Å²) >= 11 is 1.62. The SMILES string of the molecule is Cc1noc(C)c1COc1cccc(C(=O)NC(c2ccccc2)c2cccs2)c1. The van der Waals surface area contributed by atoms with Gasteiger partial charge >= 0.3 is 0 Å². The summed E-state index contributed by atoms with van der Waals surface area (Å²) in [6.07, 6.45) is 0. The predicted molar refractivity (Wildman–Crippen MR) is 117 cm³/mol. The monoisotopic (exact) mass is 418 g/mol. The number of hydrogen-bond donors (Lipinski definition) is 1. The number of thiophene rings is 1. The van der Waals surface area contributed by atoms with Crippen LogP contribution in [-0.4, -0.2) is 11.1 Å². The number of hydrogen-bond acceptors (Lipinski definition) is 5. The molecule has 0 spiro atoms. The third kappa shape index (κ3) is 4.44. The van der Waals surface area contributed by atoms with Crippen LogP contribution in [0.15, 0.2) is 76.6 Å². The van der Waals surface area contributed by atoms with Crippen molar-refractivity contribution in [3.63, 3.8) is 0 Å². The molecule has 1 unspecified atom stereocenters. The fourth-order valence-corrected chi connectivity index (χ4v) is 4.03. The van der Waals surface area contributed by atoms with E-state index < -0.39 is 0 Å². The number of aryl methyl sites for hydroxylation is 2. The smallest absolute Gasteiger partial charge is 0.252 e. The Morgan fingerprint density at radius 3 is 2.63 bits per heavy atom. The van der Waals surface area contributed by atoms with Crippen molar-refractivity contribution in [2.24, 2.45) is 0 Å². The maximum absolute atomic E-state index is 13.0. The van der Waals surface area contributed by atoms with Crippen molar-refractivity contribution < 1.29 is 14.1 Å². The molecular formula is C24H22N2O3S. The molecule has 4 aromatic rings. The maximum atomic E-state index is 13.0. The van der Waals surface area contributed by atoms with E-state index in [1.165, 1.54) is 0 Å². The van der Waals surface area contributed by atoms with Gasteiger partial charge in [-0.3, -0.25) is 4.79 Å². The van der Waals surface area contributed by atoms with Gasteiger partial charge < -0.3 is 14.6 Å². The maximum Gasteiger partial charge on any atom is 0.252 e. The first-order valence-corrected chi connectivity index (χ1v) is 10.5. The van der Waals surface area contributed by atoms with Crippen LogP contribution in [0.3, 0.4) is 0 Å². The molecule has 0 saturated heterocycles. The van der Waals surface area contributed by atoms with Gasteiger partial charge in [0.1, 0.15) is 18.1 Å². The van der Waals surface area contributed by atoms with Gasteiger partial charge in [0.15, 0.2) is 0 Å². The van der Waals surface area contributed by atoms with E-state index in [9.17, 15) is 4.79 Å². The minimum Gasteiger partial charge on any atom is -0.489 e. The van der Waals surface area contributed by atoms with Crippen molar-refractivity contribution in [2.45, 2.75) is 26.5 Å². The highest BCUT2D eigenvalue weighted by molar-refractivity contribution is 7.10. The minimum atomic E-state index is -0.203. The Kier molecular flexibility index (Phi) is 5.95. The van der Waals surface area contributed by atoms with Gasteiger partial charge in [-0.15, -0.1) is 11.3 Å². The van der Waals surface area contributed by atoms with Gasteiger partial charge in [-0.1, -0.05) is 47.6 Å². The summed E-state index contributed by atoms with van der Waals surface area (Å²) in [7, 11) is 0. The first-order chi connectivity index (χ1) is 14.6. The van der Waals surface area contributed by atoms with Gasteiger partial charge in [0.05, 0.1) is 17.3 Å². The Morgan fingerprint density at radius 2 is 1.93 bits per heavy atom. The summed E-state index contributed by atoms with van der Waals surface area (Å²) in [4.78, 5) is 14.1. The van der Waals surface area contributed by atoms with Crippen LogP contribution in [0.4, 0.5) is 0 Å². The number of benzene rings is 2. The van der Waals surface area contributed by atoms with E-state index in [4.69, 9.17) is 9.26 Å². The molecule has 6 heteroatoms. The van der Waals surface area contributed by atoms with Crippen molar-refractivity contribution in [3.05, 3.63) is 105 Å². The Bertz CT molecular complexity index is 1100. The van der Waals surface area contributed by atoms with E-state index in [0.717, 1.165) is 27.5 Å². The molecule has 0 aliphatic rings. The van der Waals surface area contributed by atoms with Crippen molar-refractivity contribution in [1.29, 1.82) is 0 Å². The van der Waals surface area contributed by atoms with Gasteiger partial charge in [0.2, 0.25) is 0 Å². The molecule has 0 fully saturated rings. The van der Waals surface area contributed by atoms with Gasteiger partial charge in [-0.05, 0) is 49.1 Å². The molecule has 5 nitrogen and oxygen atoms in total. The van der Waals surface area contributed by atoms with Crippen LogP contribution in [0.1, 0.15) is 43.9 Å². The third-order valence-corrected chi connectivity index (χ3v) is 5.83. The molecule has 2 aromatic heterocycles. The van der Waals surface area contributed by atoms with Gasteiger partial charge in [-0.2, -0.15) is 0 Å². The molecule has 0 aliphatic carbocycles. The van der Waals surface area contributed by atoms with Crippen LogP contribution < -0.4 is 10.1 Å². The summed E-state index contributed by atoms with van der Waals surface area (Å²) in [5, 5.41) is 9.11. The van der Waals surface area contributed by atoms with Crippen LogP contribution in [0.25, 0.3) is 0 Å². The van der Waals surface area contributed by atoms with Crippen molar-refractivity contribution in [1.82, 2.24) is 10.5 Å². The summed E-state index contributed by atoms with van der Waals surface area (Å²) in [6.45, 7) is 4.08. The second-order valence-electron chi connectivity index (χ2n) is 6.95. The summed E-state index contributed by atoms with van der Waals surface area (Å²) in [6, 6.07) is 21.0. The second kappa shape index (κ2) is 8.97. The number of nitrogens with one attached hydrogen (secondary N) is 1. The average molecular weight is 419 g/mol. The molecule has 2 heterocycles.